The molecule has 0 fully saturated rings. The van der Waals surface area contributed by atoms with Crippen molar-refractivity contribution in [3.8, 4) is 5.75 Å². The normalized spacial score (nSPS) is 12.2. The number of hydrogen-bond acceptors (Lipinski definition) is 3. The summed E-state index contributed by atoms with van der Waals surface area (Å²) >= 11 is 6.05. The molecule has 1 unspecified atom stereocenters. The Morgan fingerprint density at radius 2 is 2.05 bits per heavy atom. The van der Waals surface area contributed by atoms with Gasteiger partial charge in [0.1, 0.15) is 18.5 Å². The zero-order valence-electron chi connectivity index (χ0n) is 11.3. The summed E-state index contributed by atoms with van der Waals surface area (Å²) < 4.78 is 5.61. The van der Waals surface area contributed by atoms with E-state index in [0.717, 1.165) is 22.6 Å². The van der Waals surface area contributed by atoms with Crippen molar-refractivity contribution in [2.24, 2.45) is 0 Å². The van der Waals surface area contributed by atoms with Crippen LogP contribution in [0, 0.1) is 0 Å². The third kappa shape index (κ3) is 3.65. The maximum atomic E-state index is 10.1. The highest BCUT2D eigenvalue weighted by molar-refractivity contribution is 6.31. The summed E-state index contributed by atoms with van der Waals surface area (Å²) in [5.41, 5.74) is 8.09. The van der Waals surface area contributed by atoms with Gasteiger partial charge in [-0.2, -0.15) is 0 Å². The molecule has 2 aromatic carbocycles. The third-order valence-corrected chi connectivity index (χ3v) is 3.47. The lowest BCUT2D eigenvalue weighted by Crippen LogP contribution is -2.10. The molecule has 0 aromatic heterocycles. The molecule has 3 N–H and O–H groups in total. The Bertz CT molecular complexity index is 586. The fourth-order valence-electron chi connectivity index (χ4n) is 1.95. The predicted octanol–water partition coefficient (Wildman–Crippen LogP) is 3.60. The Kier molecular flexibility index (Phi) is 4.88. The molecular formula is C16H18ClNO2. The van der Waals surface area contributed by atoms with Crippen LogP contribution in [-0.2, 0) is 6.42 Å². The van der Waals surface area contributed by atoms with Crippen molar-refractivity contribution >= 4 is 17.3 Å². The summed E-state index contributed by atoms with van der Waals surface area (Å²) in [5.74, 6) is 0.703. The van der Waals surface area contributed by atoms with Crippen molar-refractivity contribution in [1.29, 1.82) is 0 Å². The minimum Gasteiger partial charge on any atom is -0.491 e. The monoisotopic (exact) mass is 291 g/mol. The van der Waals surface area contributed by atoms with E-state index in [1.807, 2.05) is 31.2 Å². The number of nitrogens with two attached hydrogens (primary N) is 1. The summed E-state index contributed by atoms with van der Waals surface area (Å²) in [4.78, 5) is 0. The quantitative estimate of drug-likeness (QED) is 0.828. The first kappa shape index (κ1) is 14.7. The molecule has 0 radical (unpaired) electrons. The number of aryl methyl sites for hydroxylation is 1. The lowest BCUT2D eigenvalue weighted by Gasteiger charge is -2.14. The SMILES string of the molecule is CCc1cc(OCC(O)c2cccc(N)c2)ccc1Cl. The standard InChI is InChI=1S/C16H18ClNO2/c1-2-11-9-14(6-7-15(11)17)20-10-16(19)12-4-3-5-13(18)8-12/h3-9,16,19H,2,10,18H2,1H3. The second-order valence-electron chi connectivity index (χ2n) is 4.60. The Balaban J connectivity index is 2.01. The molecule has 0 saturated carbocycles. The maximum absolute atomic E-state index is 10.1. The topological polar surface area (TPSA) is 55.5 Å². The molecule has 2 rings (SSSR count). The van der Waals surface area contributed by atoms with Crippen LogP contribution in [0.25, 0.3) is 0 Å². The molecule has 0 saturated heterocycles. The number of rotatable bonds is 5. The van der Waals surface area contributed by atoms with Gasteiger partial charge in [-0.3, -0.25) is 0 Å². The Morgan fingerprint density at radius 3 is 2.75 bits per heavy atom. The van der Waals surface area contributed by atoms with Crippen LogP contribution in [0.3, 0.4) is 0 Å². The molecule has 1 atom stereocenters. The van der Waals surface area contributed by atoms with Gasteiger partial charge in [-0.05, 0) is 47.9 Å². The van der Waals surface area contributed by atoms with E-state index < -0.39 is 6.10 Å². The van der Waals surface area contributed by atoms with Crippen LogP contribution in [0.4, 0.5) is 5.69 Å². The van der Waals surface area contributed by atoms with Crippen LogP contribution < -0.4 is 10.5 Å². The highest BCUT2D eigenvalue weighted by Gasteiger charge is 2.09. The van der Waals surface area contributed by atoms with Crippen LogP contribution in [0.1, 0.15) is 24.2 Å². The zero-order valence-corrected chi connectivity index (χ0v) is 12.1. The summed E-state index contributed by atoms with van der Waals surface area (Å²) in [6.07, 6.45) is 0.132. The Morgan fingerprint density at radius 1 is 1.25 bits per heavy atom. The molecule has 0 aliphatic carbocycles. The number of aliphatic hydroxyl groups is 1. The van der Waals surface area contributed by atoms with Crippen molar-refractivity contribution in [3.63, 3.8) is 0 Å². The zero-order chi connectivity index (χ0) is 14.5. The number of halogens is 1. The minimum atomic E-state index is -0.709. The average molecular weight is 292 g/mol. The number of aliphatic hydroxyl groups excluding tert-OH is 1. The van der Waals surface area contributed by atoms with E-state index in [9.17, 15) is 5.11 Å². The smallest absolute Gasteiger partial charge is 0.119 e. The van der Waals surface area contributed by atoms with Gasteiger partial charge in [0.25, 0.3) is 0 Å². The number of ether oxygens (including phenoxy) is 1. The van der Waals surface area contributed by atoms with Gasteiger partial charge in [-0.1, -0.05) is 30.7 Å². The van der Waals surface area contributed by atoms with Gasteiger partial charge < -0.3 is 15.6 Å². The van der Waals surface area contributed by atoms with Gasteiger partial charge in [0.05, 0.1) is 0 Å². The molecular weight excluding hydrogens is 274 g/mol. The Hall–Kier alpha value is -1.71. The summed E-state index contributed by atoms with van der Waals surface area (Å²) in [6.45, 7) is 2.21. The molecule has 4 heteroatoms. The van der Waals surface area contributed by atoms with Crippen molar-refractivity contribution in [2.45, 2.75) is 19.4 Å². The second-order valence-corrected chi connectivity index (χ2v) is 5.01. The van der Waals surface area contributed by atoms with Crippen LogP contribution >= 0.6 is 11.6 Å². The molecule has 0 heterocycles. The molecule has 0 aliphatic rings. The minimum absolute atomic E-state index is 0.175. The number of benzene rings is 2. The molecule has 0 amide bonds. The van der Waals surface area contributed by atoms with Gasteiger partial charge in [-0.15, -0.1) is 0 Å². The Labute approximate surface area is 123 Å². The third-order valence-electron chi connectivity index (χ3n) is 3.10. The van der Waals surface area contributed by atoms with E-state index in [-0.39, 0.29) is 6.61 Å². The fraction of sp³-hybridized carbons (Fsp3) is 0.250. The van der Waals surface area contributed by atoms with E-state index in [0.29, 0.717) is 11.4 Å². The van der Waals surface area contributed by atoms with Crippen molar-refractivity contribution in [2.75, 3.05) is 12.3 Å². The van der Waals surface area contributed by atoms with Gasteiger partial charge >= 0.3 is 0 Å². The van der Waals surface area contributed by atoms with Gasteiger partial charge in [0, 0.05) is 10.7 Å². The van der Waals surface area contributed by atoms with E-state index in [4.69, 9.17) is 22.1 Å². The van der Waals surface area contributed by atoms with Crippen LogP contribution in [0.15, 0.2) is 42.5 Å². The van der Waals surface area contributed by atoms with Crippen LogP contribution in [-0.4, -0.2) is 11.7 Å². The maximum Gasteiger partial charge on any atom is 0.119 e. The first-order valence-corrected chi connectivity index (χ1v) is 6.92. The highest BCUT2D eigenvalue weighted by atomic mass is 35.5. The van der Waals surface area contributed by atoms with Crippen molar-refractivity contribution in [1.82, 2.24) is 0 Å². The second kappa shape index (κ2) is 6.64. The molecule has 0 aliphatic heterocycles. The lowest BCUT2D eigenvalue weighted by molar-refractivity contribution is 0.108. The number of nitrogen functional groups attached to an aromatic ring is 1. The summed E-state index contributed by atoms with van der Waals surface area (Å²) in [5, 5.41) is 10.8. The van der Waals surface area contributed by atoms with Crippen LogP contribution in [0.2, 0.25) is 5.02 Å². The van der Waals surface area contributed by atoms with E-state index >= 15 is 0 Å². The average Bonchev–Trinajstić information content (AvgIpc) is 2.46. The van der Waals surface area contributed by atoms with Gasteiger partial charge in [0.2, 0.25) is 0 Å². The molecule has 0 bridgehead atoms. The first-order valence-electron chi connectivity index (χ1n) is 6.55. The lowest BCUT2D eigenvalue weighted by atomic mass is 10.1. The number of anilines is 1. The molecule has 3 nitrogen and oxygen atoms in total. The molecule has 0 spiro atoms. The van der Waals surface area contributed by atoms with Crippen molar-refractivity contribution < 1.29 is 9.84 Å². The van der Waals surface area contributed by atoms with E-state index in [2.05, 4.69) is 0 Å². The predicted molar refractivity (Wildman–Crippen MR) is 82.1 cm³/mol. The fourth-order valence-corrected chi connectivity index (χ4v) is 2.20. The molecule has 2 aromatic rings. The molecule has 20 heavy (non-hydrogen) atoms. The van der Waals surface area contributed by atoms with Gasteiger partial charge in [0.15, 0.2) is 0 Å². The van der Waals surface area contributed by atoms with Gasteiger partial charge in [-0.25, -0.2) is 0 Å². The largest absolute Gasteiger partial charge is 0.491 e. The van der Waals surface area contributed by atoms with E-state index in [1.165, 1.54) is 0 Å². The number of hydrogen-bond donors (Lipinski definition) is 2. The van der Waals surface area contributed by atoms with Crippen LogP contribution in [0.5, 0.6) is 5.75 Å². The summed E-state index contributed by atoms with van der Waals surface area (Å²) in [6, 6.07) is 12.7. The van der Waals surface area contributed by atoms with Crippen molar-refractivity contribution in [3.05, 3.63) is 58.6 Å². The molecule has 106 valence electrons. The highest BCUT2D eigenvalue weighted by Crippen LogP contribution is 2.24. The summed E-state index contributed by atoms with van der Waals surface area (Å²) in [7, 11) is 0. The first-order chi connectivity index (χ1) is 9.60. The van der Waals surface area contributed by atoms with E-state index in [1.54, 1.807) is 18.2 Å².